The molecule has 0 aliphatic carbocycles. The maximum Gasteiger partial charge on any atom is 0.148 e. The standard InChI is InChI=1S/C9H12ClFN2/c1-3-9(2,12)8-7(11)4-6(10)5-13-8/h4-5H,3,12H2,1-2H3. The highest BCUT2D eigenvalue weighted by atomic mass is 35.5. The van der Waals surface area contributed by atoms with E-state index in [2.05, 4.69) is 4.98 Å². The van der Waals surface area contributed by atoms with Crippen LogP contribution in [0.2, 0.25) is 5.02 Å². The topological polar surface area (TPSA) is 38.9 Å². The van der Waals surface area contributed by atoms with Gasteiger partial charge in [0.1, 0.15) is 5.82 Å². The van der Waals surface area contributed by atoms with E-state index in [1.54, 1.807) is 6.92 Å². The summed E-state index contributed by atoms with van der Waals surface area (Å²) in [6, 6.07) is 1.23. The summed E-state index contributed by atoms with van der Waals surface area (Å²) >= 11 is 5.57. The minimum Gasteiger partial charge on any atom is -0.320 e. The molecule has 0 bridgehead atoms. The molecule has 0 fully saturated rings. The lowest BCUT2D eigenvalue weighted by atomic mass is 9.95. The van der Waals surface area contributed by atoms with Crippen LogP contribution in [-0.4, -0.2) is 4.98 Å². The van der Waals surface area contributed by atoms with Gasteiger partial charge in [-0.25, -0.2) is 4.39 Å². The second-order valence-electron chi connectivity index (χ2n) is 3.25. The Labute approximate surface area is 81.9 Å². The maximum atomic E-state index is 13.3. The summed E-state index contributed by atoms with van der Waals surface area (Å²) in [5, 5.41) is 0.285. The van der Waals surface area contributed by atoms with Gasteiger partial charge >= 0.3 is 0 Å². The number of pyridine rings is 1. The molecule has 72 valence electrons. The van der Waals surface area contributed by atoms with E-state index in [0.29, 0.717) is 6.42 Å². The van der Waals surface area contributed by atoms with E-state index in [-0.39, 0.29) is 10.7 Å². The summed E-state index contributed by atoms with van der Waals surface area (Å²) in [6.45, 7) is 3.63. The summed E-state index contributed by atoms with van der Waals surface area (Å²) in [5.41, 5.74) is 5.38. The van der Waals surface area contributed by atoms with Crippen LogP contribution in [0.4, 0.5) is 4.39 Å². The van der Waals surface area contributed by atoms with Gasteiger partial charge in [0.2, 0.25) is 0 Å². The predicted octanol–water partition coefficient (Wildman–Crippen LogP) is 2.46. The Hall–Kier alpha value is -0.670. The molecule has 0 aliphatic heterocycles. The zero-order chi connectivity index (χ0) is 10.1. The van der Waals surface area contributed by atoms with Crippen molar-refractivity contribution in [3.63, 3.8) is 0 Å². The lowest BCUT2D eigenvalue weighted by Gasteiger charge is -2.22. The van der Waals surface area contributed by atoms with Crippen molar-refractivity contribution in [2.75, 3.05) is 0 Å². The van der Waals surface area contributed by atoms with Crippen molar-refractivity contribution < 1.29 is 4.39 Å². The summed E-state index contributed by atoms with van der Waals surface area (Å²) in [5.74, 6) is -0.445. The van der Waals surface area contributed by atoms with Crippen LogP contribution in [0.15, 0.2) is 12.3 Å². The fraction of sp³-hybridized carbons (Fsp3) is 0.444. The average molecular weight is 203 g/mol. The van der Waals surface area contributed by atoms with E-state index in [9.17, 15) is 4.39 Å². The summed E-state index contributed by atoms with van der Waals surface area (Å²) in [6.07, 6.45) is 2.03. The molecule has 1 aromatic rings. The number of hydrogen-bond donors (Lipinski definition) is 1. The molecule has 13 heavy (non-hydrogen) atoms. The van der Waals surface area contributed by atoms with Gasteiger partial charge in [0.25, 0.3) is 0 Å². The second-order valence-corrected chi connectivity index (χ2v) is 3.69. The van der Waals surface area contributed by atoms with Crippen molar-refractivity contribution >= 4 is 11.6 Å². The molecule has 1 heterocycles. The largest absolute Gasteiger partial charge is 0.320 e. The Balaban J connectivity index is 3.16. The highest BCUT2D eigenvalue weighted by Crippen LogP contribution is 2.23. The summed E-state index contributed by atoms with van der Waals surface area (Å²) < 4.78 is 13.3. The molecule has 0 aromatic carbocycles. The molecular formula is C9H12ClFN2. The third-order valence-corrected chi connectivity index (χ3v) is 2.29. The van der Waals surface area contributed by atoms with Crippen LogP contribution in [-0.2, 0) is 5.54 Å². The van der Waals surface area contributed by atoms with Crippen molar-refractivity contribution in [3.05, 3.63) is 28.8 Å². The molecule has 0 radical (unpaired) electrons. The SMILES string of the molecule is CCC(C)(N)c1ncc(Cl)cc1F. The van der Waals surface area contributed by atoms with Gasteiger partial charge in [-0.1, -0.05) is 18.5 Å². The Bertz CT molecular complexity index is 312. The van der Waals surface area contributed by atoms with Gasteiger partial charge in [0, 0.05) is 6.20 Å². The molecule has 0 saturated heterocycles. The minimum atomic E-state index is -0.728. The van der Waals surface area contributed by atoms with Crippen LogP contribution in [0.3, 0.4) is 0 Å². The molecule has 0 amide bonds. The number of hydrogen-bond acceptors (Lipinski definition) is 2. The molecule has 1 aromatic heterocycles. The smallest absolute Gasteiger partial charge is 0.148 e. The zero-order valence-corrected chi connectivity index (χ0v) is 8.40. The van der Waals surface area contributed by atoms with Crippen LogP contribution in [0.1, 0.15) is 26.0 Å². The third kappa shape index (κ3) is 2.17. The quantitative estimate of drug-likeness (QED) is 0.800. The number of halogens is 2. The number of nitrogens with zero attached hydrogens (tertiary/aromatic N) is 1. The van der Waals surface area contributed by atoms with Crippen LogP contribution < -0.4 is 5.73 Å². The van der Waals surface area contributed by atoms with Gasteiger partial charge < -0.3 is 5.73 Å². The van der Waals surface area contributed by atoms with E-state index in [1.807, 2.05) is 6.92 Å². The van der Waals surface area contributed by atoms with Gasteiger partial charge in [-0.05, 0) is 19.4 Å². The Morgan fingerprint density at radius 1 is 1.69 bits per heavy atom. The van der Waals surface area contributed by atoms with Crippen molar-refractivity contribution in [2.24, 2.45) is 5.73 Å². The lowest BCUT2D eigenvalue weighted by Crippen LogP contribution is -2.34. The number of nitrogens with two attached hydrogens (primary N) is 1. The molecule has 2 nitrogen and oxygen atoms in total. The average Bonchev–Trinajstić information content (AvgIpc) is 2.03. The molecule has 1 atom stereocenters. The first-order valence-corrected chi connectivity index (χ1v) is 4.45. The highest BCUT2D eigenvalue weighted by Gasteiger charge is 2.24. The molecule has 1 unspecified atom stereocenters. The van der Waals surface area contributed by atoms with Gasteiger partial charge in [-0.3, -0.25) is 4.98 Å². The van der Waals surface area contributed by atoms with Crippen molar-refractivity contribution in [2.45, 2.75) is 25.8 Å². The summed E-state index contributed by atoms with van der Waals surface area (Å²) in [7, 11) is 0. The first-order chi connectivity index (χ1) is 5.97. The molecule has 0 spiro atoms. The van der Waals surface area contributed by atoms with E-state index in [0.717, 1.165) is 0 Å². The molecule has 0 aliphatic rings. The minimum absolute atomic E-state index is 0.263. The van der Waals surface area contributed by atoms with E-state index in [4.69, 9.17) is 17.3 Å². The fourth-order valence-corrected chi connectivity index (χ4v) is 1.15. The van der Waals surface area contributed by atoms with E-state index >= 15 is 0 Å². The van der Waals surface area contributed by atoms with Gasteiger partial charge in [0.05, 0.1) is 16.3 Å². The first kappa shape index (κ1) is 10.4. The summed E-state index contributed by atoms with van der Waals surface area (Å²) in [4.78, 5) is 3.89. The Morgan fingerprint density at radius 2 is 2.31 bits per heavy atom. The van der Waals surface area contributed by atoms with Gasteiger partial charge in [0.15, 0.2) is 0 Å². The zero-order valence-electron chi connectivity index (χ0n) is 7.64. The number of aromatic nitrogens is 1. The third-order valence-electron chi connectivity index (χ3n) is 2.08. The fourth-order valence-electron chi connectivity index (χ4n) is 1.00. The normalized spacial score (nSPS) is 15.5. The predicted molar refractivity (Wildman–Crippen MR) is 51.0 cm³/mol. The van der Waals surface area contributed by atoms with Crippen LogP contribution in [0, 0.1) is 5.82 Å². The highest BCUT2D eigenvalue weighted by molar-refractivity contribution is 6.30. The molecule has 0 saturated carbocycles. The van der Waals surface area contributed by atoms with Crippen LogP contribution >= 0.6 is 11.6 Å². The Kier molecular flexibility index (Phi) is 2.88. The maximum absolute atomic E-state index is 13.3. The van der Waals surface area contributed by atoms with Crippen molar-refractivity contribution in [1.82, 2.24) is 4.98 Å². The van der Waals surface area contributed by atoms with Crippen molar-refractivity contribution in [1.29, 1.82) is 0 Å². The second kappa shape index (κ2) is 3.60. The van der Waals surface area contributed by atoms with Crippen molar-refractivity contribution in [3.8, 4) is 0 Å². The molecule has 4 heteroatoms. The first-order valence-electron chi connectivity index (χ1n) is 4.08. The number of rotatable bonds is 2. The Morgan fingerprint density at radius 3 is 2.77 bits per heavy atom. The van der Waals surface area contributed by atoms with Crippen LogP contribution in [0.5, 0.6) is 0 Å². The van der Waals surface area contributed by atoms with Gasteiger partial charge in [-0.2, -0.15) is 0 Å². The lowest BCUT2D eigenvalue weighted by molar-refractivity contribution is 0.429. The molecule has 1 rings (SSSR count). The van der Waals surface area contributed by atoms with Crippen LogP contribution in [0.25, 0.3) is 0 Å². The van der Waals surface area contributed by atoms with E-state index in [1.165, 1.54) is 12.3 Å². The molecule has 2 N–H and O–H groups in total. The van der Waals surface area contributed by atoms with E-state index < -0.39 is 11.4 Å². The van der Waals surface area contributed by atoms with Gasteiger partial charge in [-0.15, -0.1) is 0 Å². The molecular weight excluding hydrogens is 191 g/mol. The monoisotopic (exact) mass is 202 g/mol.